The lowest BCUT2D eigenvalue weighted by Crippen LogP contribution is -2.15. The van der Waals surface area contributed by atoms with Crippen LogP contribution in [0.1, 0.15) is 16.7 Å². The smallest absolute Gasteiger partial charge is 0.236 e. The summed E-state index contributed by atoms with van der Waals surface area (Å²) >= 11 is 3.37. The van der Waals surface area contributed by atoms with E-state index < -0.39 is 10.0 Å². The van der Waals surface area contributed by atoms with Crippen molar-refractivity contribution in [2.45, 2.75) is 12.7 Å². The first-order valence-electron chi connectivity index (χ1n) is 6.15. The quantitative estimate of drug-likeness (QED) is 0.901. The van der Waals surface area contributed by atoms with Gasteiger partial charge in [-0.3, -0.25) is 4.72 Å². The summed E-state index contributed by atoms with van der Waals surface area (Å²) in [6.45, 7) is 1.89. The minimum Gasteiger partial charge on any atom is -0.283 e. The van der Waals surface area contributed by atoms with E-state index in [-0.39, 0.29) is 5.75 Å². The molecule has 0 spiro atoms. The van der Waals surface area contributed by atoms with Crippen molar-refractivity contribution in [3.63, 3.8) is 0 Å². The van der Waals surface area contributed by atoms with Gasteiger partial charge in [-0.2, -0.15) is 5.26 Å². The highest BCUT2D eigenvalue weighted by Crippen LogP contribution is 2.21. The zero-order valence-electron chi connectivity index (χ0n) is 11.3. The van der Waals surface area contributed by atoms with Crippen molar-refractivity contribution in [3.8, 4) is 6.07 Å². The number of benzene rings is 2. The lowest BCUT2D eigenvalue weighted by molar-refractivity contribution is 0.600. The minimum atomic E-state index is -3.49. The van der Waals surface area contributed by atoms with Crippen molar-refractivity contribution in [1.82, 2.24) is 0 Å². The van der Waals surface area contributed by atoms with Crippen LogP contribution in [0, 0.1) is 18.3 Å². The van der Waals surface area contributed by atoms with E-state index in [1.54, 1.807) is 42.5 Å². The Hall–Kier alpha value is -1.84. The molecule has 0 aliphatic rings. The van der Waals surface area contributed by atoms with Crippen molar-refractivity contribution in [1.29, 1.82) is 5.26 Å². The average molecular weight is 365 g/mol. The van der Waals surface area contributed by atoms with Gasteiger partial charge in [-0.25, -0.2) is 8.42 Å². The summed E-state index contributed by atoms with van der Waals surface area (Å²) in [5, 5.41) is 8.72. The first-order valence-corrected chi connectivity index (χ1v) is 8.60. The molecular weight excluding hydrogens is 352 g/mol. The lowest BCUT2D eigenvalue weighted by Gasteiger charge is -2.09. The first kappa shape index (κ1) is 15.5. The maximum Gasteiger partial charge on any atom is 0.236 e. The number of sulfonamides is 1. The Morgan fingerprint density at radius 2 is 1.86 bits per heavy atom. The van der Waals surface area contributed by atoms with Crippen molar-refractivity contribution in [2.24, 2.45) is 0 Å². The number of nitrogens with one attached hydrogen (secondary N) is 1. The second-order valence-corrected chi connectivity index (χ2v) is 7.21. The lowest BCUT2D eigenvalue weighted by atomic mass is 10.2. The molecule has 0 heterocycles. The molecule has 0 amide bonds. The molecule has 0 unspecified atom stereocenters. The highest BCUT2D eigenvalue weighted by atomic mass is 79.9. The Morgan fingerprint density at radius 3 is 2.43 bits per heavy atom. The van der Waals surface area contributed by atoms with E-state index >= 15 is 0 Å². The van der Waals surface area contributed by atoms with E-state index in [0.717, 1.165) is 10.0 Å². The van der Waals surface area contributed by atoms with Crippen LogP contribution >= 0.6 is 15.9 Å². The molecule has 1 N–H and O–H groups in total. The molecule has 0 bridgehead atoms. The van der Waals surface area contributed by atoms with Crippen LogP contribution in [0.4, 0.5) is 5.69 Å². The molecule has 0 atom stereocenters. The number of nitriles is 1. The summed E-state index contributed by atoms with van der Waals surface area (Å²) < 4.78 is 27.7. The van der Waals surface area contributed by atoms with Crippen LogP contribution in [0.15, 0.2) is 46.9 Å². The molecule has 0 fully saturated rings. The van der Waals surface area contributed by atoms with Gasteiger partial charge in [-0.1, -0.05) is 28.1 Å². The fourth-order valence-electron chi connectivity index (χ4n) is 1.82. The summed E-state index contributed by atoms with van der Waals surface area (Å²) in [5.74, 6) is -0.131. The Labute approximate surface area is 132 Å². The van der Waals surface area contributed by atoms with Gasteiger partial charge in [0.1, 0.15) is 0 Å². The zero-order chi connectivity index (χ0) is 15.5. The van der Waals surface area contributed by atoms with Crippen LogP contribution in [0.3, 0.4) is 0 Å². The van der Waals surface area contributed by atoms with E-state index in [0.29, 0.717) is 16.8 Å². The largest absolute Gasteiger partial charge is 0.283 e. The van der Waals surface area contributed by atoms with Gasteiger partial charge in [0.05, 0.1) is 17.4 Å². The van der Waals surface area contributed by atoms with Gasteiger partial charge in [-0.05, 0) is 48.4 Å². The molecule has 2 aromatic carbocycles. The second-order valence-electron chi connectivity index (χ2n) is 4.63. The fourth-order valence-corrected chi connectivity index (χ4v) is 3.25. The number of halogens is 1. The number of anilines is 1. The molecular formula is C15H13BrN2O2S. The number of aryl methyl sites for hydroxylation is 1. The summed E-state index contributed by atoms with van der Waals surface area (Å²) in [6.07, 6.45) is 0. The second kappa shape index (κ2) is 6.29. The van der Waals surface area contributed by atoms with Crippen LogP contribution in [0.25, 0.3) is 0 Å². The third-order valence-electron chi connectivity index (χ3n) is 2.87. The molecule has 21 heavy (non-hydrogen) atoms. The van der Waals surface area contributed by atoms with Crippen molar-refractivity contribution < 1.29 is 8.42 Å². The van der Waals surface area contributed by atoms with Crippen LogP contribution in [0.5, 0.6) is 0 Å². The van der Waals surface area contributed by atoms with Crippen molar-refractivity contribution >= 4 is 31.6 Å². The van der Waals surface area contributed by atoms with E-state index in [9.17, 15) is 8.42 Å². The maximum absolute atomic E-state index is 12.1. The van der Waals surface area contributed by atoms with Gasteiger partial charge in [-0.15, -0.1) is 0 Å². The highest BCUT2D eigenvalue weighted by Gasteiger charge is 2.12. The van der Waals surface area contributed by atoms with Crippen LogP contribution < -0.4 is 4.72 Å². The summed E-state index contributed by atoms with van der Waals surface area (Å²) in [5.41, 5.74) is 2.63. The predicted octanol–water partition coefficient (Wildman–Crippen LogP) is 3.57. The van der Waals surface area contributed by atoms with E-state index in [1.165, 1.54) is 0 Å². The maximum atomic E-state index is 12.1. The monoisotopic (exact) mass is 364 g/mol. The third kappa shape index (κ3) is 4.31. The number of hydrogen-bond acceptors (Lipinski definition) is 3. The number of hydrogen-bond donors (Lipinski definition) is 1. The van der Waals surface area contributed by atoms with Gasteiger partial charge < -0.3 is 0 Å². The van der Waals surface area contributed by atoms with Crippen molar-refractivity contribution in [2.75, 3.05) is 4.72 Å². The van der Waals surface area contributed by atoms with Crippen LogP contribution in [-0.2, 0) is 15.8 Å². The van der Waals surface area contributed by atoms with Crippen LogP contribution in [0.2, 0.25) is 0 Å². The van der Waals surface area contributed by atoms with E-state index in [4.69, 9.17) is 5.26 Å². The Morgan fingerprint density at radius 1 is 1.19 bits per heavy atom. The molecule has 108 valence electrons. The molecule has 2 rings (SSSR count). The molecule has 0 radical (unpaired) electrons. The van der Waals surface area contributed by atoms with Gasteiger partial charge >= 0.3 is 0 Å². The summed E-state index contributed by atoms with van der Waals surface area (Å²) in [4.78, 5) is 0. The van der Waals surface area contributed by atoms with Gasteiger partial charge in [0.2, 0.25) is 10.0 Å². The standard InChI is InChI=1S/C15H13BrN2O2S/c1-11-8-14(6-7-15(11)16)18-21(19,20)10-13-4-2-12(9-17)3-5-13/h2-8,18H,10H2,1H3. The number of nitrogens with zero attached hydrogens (tertiary/aromatic N) is 1. The molecule has 0 saturated heterocycles. The summed E-state index contributed by atoms with van der Waals surface area (Å²) in [6, 6.07) is 13.8. The third-order valence-corrected chi connectivity index (χ3v) is 5.02. The molecule has 2 aromatic rings. The fraction of sp³-hybridized carbons (Fsp3) is 0.133. The van der Waals surface area contributed by atoms with Gasteiger partial charge in [0, 0.05) is 10.2 Å². The Kier molecular flexibility index (Phi) is 4.66. The normalized spacial score (nSPS) is 10.9. The molecule has 0 saturated carbocycles. The summed E-state index contributed by atoms with van der Waals surface area (Å²) in [7, 11) is -3.49. The number of rotatable bonds is 4. The first-order chi connectivity index (χ1) is 9.89. The zero-order valence-corrected chi connectivity index (χ0v) is 13.7. The SMILES string of the molecule is Cc1cc(NS(=O)(=O)Cc2ccc(C#N)cc2)ccc1Br. The molecule has 0 aromatic heterocycles. The van der Waals surface area contributed by atoms with Gasteiger partial charge in [0.15, 0.2) is 0 Å². The predicted molar refractivity (Wildman–Crippen MR) is 86.3 cm³/mol. The topological polar surface area (TPSA) is 70.0 Å². The Balaban J connectivity index is 2.14. The molecule has 0 aliphatic heterocycles. The van der Waals surface area contributed by atoms with Crippen molar-refractivity contribution in [3.05, 3.63) is 63.6 Å². The Bertz CT molecular complexity index is 793. The van der Waals surface area contributed by atoms with E-state index in [1.807, 2.05) is 13.0 Å². The molecule has 0 aliphatic carbocycles. The minimum absolute atomic E-state index is 0.131. The van der Waals surface area contributed by atoms with Crippen LogP contribution in [-0.4, -0.2) is 8.42 Å². The average Bonchev–Trinajstić information content (AvgIpc) is 2.43. The highest BCUT2D eigenvalue weighted by molar-refractivity contribution is 9.10. The van der Waals surface area contributed by atoms with E-state index in [2.05, 4.69) is 20.7 Å². The van der Waals surface area contributed by atoms with Gasteiger partial charge in [0.25, 0.3) is 0 Å². The molecule has 4 nitrogen and oxygen atoms in total. The molecule has 6 heteroatoms.